The third-order valence-corrected chi connectivity index (χ3v) is 18.0. The van der Waals surface area contributed by atoms with Gasteiger partial charge in [-0.15, -0.1) is 0 Å². The van der Waals surface area contributed by atoms with E-state index in [2.05, 4.69) is 17.6 Å². The number of cyclic esters (lactones) is 1. The summed E-state index contributed by atoms with van der Waals surface area (Å²) in [5.74, 6) is 4.00. The number of hydrogen-bond acceptors (Lipinski definition) is 7. The van der Waals surface area contributed by atoms with Gasteiger partial charge in [0.1, 0.15) is 0 Å². The molecule has 7 nitrogen and oxygen atoms in total. The van der Waals surface area contributed by atoms with Crippen molar-refractivity contribution in [2.45, 2.75) is 62.2 Å². The van der Waals surface area contributed by atoms with E-state index in [9.17, 15) is 19.5 Å². The van der Waals surface area contributed by atoms with Crippen molar-refractivity contribution < 1.29 is 19.4 Å². The first-order valence-electron chi connectivity index (χ1n) is 12.3. The molecule has 9 heteroatoms. The fraction of sp³-hybridized carbons (Fsp3) is 0.407. The van der Waals surface area contributed by atoms with Gasteiger partial charge in [0, 0.05) is 0 Å². The number of aromatic nitrogens is 2. The molecule has 3 aromatic rings. The Hall–Kier alpha value is -2.43. The number of nitrogens with zero attached hydrogens (tertiary/aromatic N) is 2. The zero-order valence-corrected chi connectivity index (χ0v) is 23.9. The number of hydrogen-bond donors (Lipinski definition) is 1. The van der Waals surface area contributed by atoms with Crippen LogP contribution in [0.1, 0.15) is 42.5 Å². The number of ether oxygens (including phenoxy) is 1. The number of benzene rings is 1. The Morgan fingerprint density at radius 1 is 1.25 bits per heavy atom. The number of carbonyl (C=O) groups excluding carboxylic acids is 2. The topological polar surface area (TPSA) is 98.5 Å². The van der Waals surface area contributed by atoms with Crippen LogP contribution >= 0.6 is 11.8 Å². The van der Waals surface area contributed by atoms with Crippen LogP contribution in [0.25, 0.3) is 22.3 Å². The van der Waals surface area contributed by atoms with Crippen LogP contribution in [-0.4, -0.2) is 43.6 Å². The number of esters is 1. The molecule has 0 unspecified atom stereocenters. The van der Waals surface area contributed by atoms with Gasteiger partial charge < -0.3 is 0 Å². The van der Waals surface area contributed by atoms with E-state index >= 15 is 0 Å². The van der Waals surface area contributed by atoms with Crippen LogP contribution in [0.5, 0.6) is 0 Å². The second-order valence-electron chi connectivity index (χ2n) is 10.5. The SMILES string of the molecule is CC[C@@]1(O)C(=O)OCc2c1cc1n(c2=O)Cc2c-1nc1ccccc1c2C[CH2][Ge]([CH3])([CH3])[CH2]SC(C)=O. The van der Waals surface area contributed by atoms with Crippen molar-refractivity contribution in [2.75, 3.05) is 4.59 Å². The maximum absolute atomic E-state index is 13.6. The third kappa shape index (κ3) is 4.13. The Morgan fingerprint density at radius 2 is 2.00 bits per heavy atom. The number of aryl methyl sites for hydroxylation is 1. The molecule has 36 heavy (non-hydrogen) atoms. The van der Waals surface area contributed by atoms with Crippen LogP contribution in [0.4, 0.5) is 0 Å². The number of rotatable bonds is 6. The first-order chi connectivity index (χ1) is 17.1. The predicted octanol–water partition coefficient (Wildman–Crippen LogP) is 4.15. The first-order valence-corrected chi connectivity index (χ1v) is 20.4. The van der Waals surface area contributed by atoms with Gasteiger partial charge >= 0.3 is 217 Å². The molecule has 0 fully saturated rings. The van der Waals surface area contributed by atoms with Crippen molar-refractivity contribution in [2.24, 2.45) is 0 Å². The fourth-order valence-electron chi connectivity index (χ4n) is 5.23. The average molecular weight is 567 g/mol. The van der Waals surface area contributed by atoms with Crippen molar-refractivity contribution in [3.8, 4) is 11.4 Å². The van der Waals surface area contributed by atoms with Crippen LogP contribution < -0.4 is 5.56 Å². The molecule has 2 aliphatic heterocycles. The van der Waals surface area contributed by atoms with Crippen molar-refractivity contribution in [3.63, 3.8) is 0 Å². The van der Waals surface area contributed by atoms with E-state index in [1.165, 1.54) is 17.3 Å². The maximum atomic E-state index is 13.6. The summed E-state index contributed by atoms with van der Waals surface area (Å²) in [6.45, 7) is 3.59. The van der Waals surface area contributed by atoms with E-state index in [0.29, 0.717) is 23.4 Å². The quantitative estimate of drug-likeness (QED) is 0.276. The van der Waals surface area contributed by atoms with Gasteiger partial charge in [-0.25, -0.2) is 0 Å². The molecule has 4 heterocycles. The standard InChI is InChI=1S/C27H30GeN2O5S/c1-5-27(34)21-12-23-24-19(13-30(23)25(32)20(21)14-35-26(27)33)17(18-8-6-7-9-22(18)29-24)10-11-28(3,4)15-36-16(2)31/h6-9,12,34H,5,10-11,13-15H2,1-4H3/t27-/m0/s1. The minimum absolute atomic E-state index is 0.116. The molecular formula is C27H30GeN2O5S. The minimum atomic E-state index is -2.20. The Labute approximate surface area is 216 Å². The average Bonchev–Trinajstić information content (AvgIpc) is 3.22. The zero-order chi connectivity index (χ0) is 25.8. The molecule has 1 atom stereocenters. The number of aliphatic hydroxyl groups is 1. The number of carbonyl (C=O) groups is 2. The summed E-state index contributed by atoms with van der Waals surface area (Å²) < 4.78 is 7.82. The molecule has 0 amide bonds. The summed E-state index contributed by atoms with van der Waals surface area (Å²) in [6, 6.07) is 9.80. The second-order valence-corrected chi connectivity index (χ2v) is 23.6. The van der Waals surface area contributed by atoms with E-state index in [1.54, 1.807) is 24.5 Å². The monoisotopic (exact) mass is 568 g/mol. The molecule has 2 aromatic heterocycles. The van der Waals surface area contributed by atoms with Gasteiger partial charge in [0.05, 0.1) is 0 Å². The first kappa shape index (κ1) is 25.2. The second kappa shape index (κ2) is 9.15. The summed E-state index contributed by atoms with van der Waals surface area (Å²) in [7, 11) is 0. The van der Waals surface area contributed by atoms with Gasteiger partial charge in [-0.05, 0) is 0 Å². The van der Waals surface area contributed by atoms with E-state index in [4.69, 9.17) is 9.72 Å². The summed E-state index contributed by atoms with van der Waals surface area (Å²) in [6.07, 6.45) is 0.977. The zero-order valence-electron chi connectivity index (χ0n) is 21.0. The Bertz CT molecular complexity index is 1480. The normalized spacial score (nSPS) is 18.5. The van der Waals surface area contributed by atoms with E-state index < -0.39 is 24.8 Å². The van der Waals surface area contributed by atoms with Crippen LogP contribution in [0, 0.1) is 0 Å². The van der Waals surface area contributed by atoms with Gasteiger partial charge in [-0.3, -0.25) is 0 Å². The Balaban J connectivity index is 1.64. The molecule has 0 spiro atoms. The van der Waals surface area contributed by atoms with Gasteiger partial charge in [0.25, 0.3) is 0 Å². The summed E-state index contributed by atoms with van der Waals surface area (Å²) in [5, 5.41) is 13.4. The summed E-state index contributed by atoms with van der Waals surface area (Å²) in [5.41, 5.74) is 3.04. The Kier molecular flexibility index (Phi) is 6.41. The van der Waals surface area contributed by atoms with E-state index in [0.717, 1.165) is 38.4 Å². The molecule has 0 bridgehead atoms. The van der Waals surface area contributed by atoms with Crippen LogP contribution in [0.15, 0.2) is 35.1 Å². The summed E-state index contributed by atoms with van der Waals surface area (Å²) >= 11 is -0.771. The van der Waals surface area contributed by atoms with E-state index in [1.807, 2.05) is 18.2 Å². The molecule has 0 saturated carbocycles. The van der Waals surface area contributed by atoms with Crippen LogP contribution in [-0.2, 0) is 39.5 Å². The summed E-state index contributed by atoms with van der Waals surface area (Å²) in [4.78, 5) is 42.5. The predicted molar refractivity (Wildman–Crippen MR) is 144 cm³/mol. The van der Waals surface area contributed by atoms with E-state index in [-0.39, 0.29) is 23.7 Å². The number of pyridine rings is 2. The van der Waals surface area contributed by atoms with Crippen molar-refractivity contribution in [3.05, 3.63) is 62.9 Å². The van der Waals surface area contributed by atoms with Crippen molar-refractivity contribution in [1.82, 2.24) is 9.55 Å². The van der Waals surface area contributed by atoms with Gasteiger partial charge in [0.15, 0.2) is 0 Å². The molecule has 0 saturated heterocycles. The third-order valence-electron chi connectivity index (χ3n) is 7.43. The fourth-order valence-corrected chi connectivity index (χ4v) is 12.6. The van der Waals surface area contributed by atoms with Crippen molar-refractivity contribution >= 4 is 47.0 Å². The van der Waals surface area contributed by atoms with Gasteiger partial charge in [-0.2, -0.15) is 0 Å². The number of thioether (sulfide) groups is 1. The molecular weight excluding hydrogens is 537 g/mol. The van der Waals surface area contributed by atoms with Crippen molar-refractivity contribution in [1.29, 1.82) is 0 Å². The van der Waals surface area contributed by atoms with Gasteiger partial charge in [0.2, 0.25) is 0 Å². The number of fused-ring (bicyclic) bond motifs is 5. The molecule has 2 aliphatic rings. The molecule has 188 valence electrons. The molecule has 1 N–H and O–H groups in total. The molecule has 0 radical (unpaired) electrons. The molecule has 0 aliphatic carbocycles. The van der Waals surface area contributed by atoms with Gasteiger partial charge in [-0.1, -0.05) is 0 Å². The van der Waals surface area contributed by atoms with Crippen LogP contribution in [0.2, 0.25) is 16.8 Å². The molecule has 1 aromatic carbocycles. The Morgan fingerprint density at radius 3 is 2.72 bits per heavy atom. The number of para-hydroxylation sites is 1. The molecule has 5 rings (SSSR count). The van der Waals surface area contributed by atoms with Crippen LogP contribution in [0.3, 0.4) is 0 Å².